The second kappa shape index (κ2) is 12.6. The van der Waals surface area contributed by atoms with E-state index in [1.165, 1.54) is 0 Å². The first kappa shape index (κ1) is 21.3. The minimum absolute atomic E-state index is 0.0748. The molecule has 5 atom stereocenters. The molecule has 1 fully saturated rings. The molecule has 0 saturated carbocycles. The fraction of sp³-hybridized carbons (Fsp3) is 1.00. The number of hydrogen-bond donors (Lipinski definition) is 1. The first-order valence-corrected chi connectivity index (χ1v) is 9.92. The molecule has 0 aliphatic carbocycles. The van der Waals surface area contributed by atoms with Crippen molar-refractivity contribution >= 4 is 19.8 Å². The molecule has 1 N–H and O–H groups in total. The van der Waals surface area contributed by atoms with Crippen LogP contribution < -0.4 is 0 Å². The van der Waals surface area contributed by atoms with Crippen LogP contribution in [-0.4, -0.2) is 68.6 Å². The molecule has 1 saturated heterocycles. The average Bonchev–Trinajstić information content (AvgIpc) is 2.56. The molecule has 0 aromatic heterocycles. The molecule has 1 rings (SSSR count). The third kappa shape index (κ3) is 6.55. The van der Waals surface area contributed by atoms with Gasteiger partial charge >= 0.3 is 0 Å². The molecule has 5 unspecified atom stereocenters. The second-order valence-corrected chi connectivity index (χ2v) is 7.13. The average molecular weight is 348 g/mol. The second-order valence-electron chi connectivity index (χ2n) is 5.76. The summed E-state index contributed by atoms with van der Waals surface area (Å²) < 4.78 is 23.9. The lowest BCUT2D eigenvalue weighted by Crippen LogP contribution is -2.60. The molecule has 5 nitrogen and oxygen atoms in total. The summed E-state index contributed by atoms with van der Waals surface area (Å²) in [5.41, 5.74) is -0.132. The summed E-state index contributed by atoms with van der Waals surface area (Å²) in [7, 11) is 1.64. The van der Waals surface area contributed by atoms with E-state index in [2.05, 4.69) is 20.8 Å². The summed E-state index contributed by atoms with van der Waals surface area (Å²) in [6, 6.07) is 0. The Hall–Kier alpha value is 0.215. The Labute approximate surface area is 146 Å². The van der Waals surface area contributed by atoms with Crippen molar-refractivity contribution in [1.29, 1.82) is 0 Å². The quantitative estimate of drug-likeness (QED) is 0.428. The van der Waals surface area contributed by atoms with Crippen molar-refractivity contribution in [2.75, 3.05) is 25.6 Å². The first-order chi connectivity index (χ1) is 11.2. The smallest absolute Gasteiger partial charge is 0.257 e. The number of rotatable bonds is 12. The van der Waals surface area contributed by atoms with Crippen LogP contribution in [0.2, 0.25) is 0 Å². The highest BCUT2D eigenvalue weighted by Gasteiger charge is 2.47. The van der Waals surface area contributed by atoms with Gasteiger partial charge in [-0.15, -0.1) is 11.8 Å². The highest BCUT2D eigenvalue weighted by Crippen LogP contribution is 2.33. The molecule has 136 valence electrons. The zero-order valence-electron chi connectivity index (χ0n) is 15.0. The number of ether oxygens (including phenoxy) is 3. The lowest BCUT2D eigenvalue weighted by atomic mass is 9.98. The zero-order valence-corrected chi connectivity index (χ0v) is 15.8. The van der Waals surface area contributed by atoms with Gasteiger partial charge in [0, 0.05) is 13.2 Å². The van der Waals surface area contributed by atoms with Gasteiger partial charge in [0.1, 0.15) is 23.7 Å². The van der Waals surface area contributed by atoms with Crippen molar-refractivity contribution < 1.29 is 24.0 Å². The normalized spacial score (nSPS) is 31.4. The van der Waals surface area contributed by atoms with E-state index in [0.717, 1.165) is 31.4 Å². The highest BCUT2D eigenvalue weighted by molar-refractivity contribution is 7.99. The van der Waals surface area contributed by atoms with Gasteiger partial charge in [0.15, 0.2) is 0 Å². The number of aliphatic hydroxyl groups is 1. The number of hydrogen-bond acceptors (Lipinski definition) is 6. The van der Waals surface area contributed by atoms with Crippen molar-refractivity contribution in [3.63, 3.8) is 0 Å². The summed E-state index contributed by atoms with van der Waals surface area (Å²) in [4.78, 5) is 0. The van der Waals surface area contributed by atoms with Crippen LogP contribution >= 0.6 is 11.8 Å². The molecule has 0 aromatic rings. The van der Waals surface area contributed by atoms with Crippen molar-refractivity contribution in [3.05, 3.63) is 0 Å². The minimum Gasteiger partial charge on any atom is -0.436 e. The molecule has 0 radical (unpaired) electrons. The monoisotopic (exact) mass is 348 g/mol. The molecule has 1 aliphatic heterocycles. The molecule has 0 bridgehead atoms. The Morgan fingerprint density at radius 2 is 1.61 bits per heavy atom. The maximum Gasteiger partial charge on any atom is 0.257 e. The minimum atomic E-state index is -0.373. The van der Waals surface area contributed by atoms with Gasteiger partial charge in [-0.05, 0) is 18.6 Å². The Bertz CT molecular complexity index is 298. The molecule has 7 heteroatoms. The molecule has 0 spiro atoms. The fourth-order valence-electron chi connectivity index (χ4n) is 2.70. The van der Waals surface area contributed by atoms with E-state index in [1.807, 2.05) is 0 Å². The first-order valence-electron chi connectivity index (χ1n) is 8.87. The number of unbranched alkanes of at least 4 members (excludes halogenated alkanes) is 2. The lowest BCUT2D eigenvalue weighted by Gasteiger charge is -2.45. The van der Waals surface area contributed by atoms with Crippen LogP contribution in [0, 0.1) is 0 Å². The number of thioether (sulfide) groups is 1. The summed E-state index contributed by atoms with van der Waals surface area (Å²) in [5, 5.41) is 9.66. The zero-order chi connectivity index (χ0) is 17.1. The molecule has 0 amide bonds. The predicted molar refractivity (Wildman–Crippen MR) is 96.6 cm³/mol. The summed E-state index contributed by atoms with van der Waals surface area (Å²) in [6.07, 6.45) is 3.13. The molecular formula is C16H33BO5S. The van der Waals surface area contributed by atoms with Gasteiger partial charge < -0.3 is 24.0 Å². The summed E-state index contributed by atoms with van der Waals surface area (Å²) >= 11 is 1.70. The maximum absolute atomic E-state index is 9.66. The third-order valence-corrected chi connectivity index (χ3v) is 5.03. The molecular weight excluding hydrogens is 315 g/mol. The van der Waals surface area contributed by atoms with Crippen LogP contribution in [0.25, 0.3) is 0 Å². The maximum atomic E-state index is 9.66. The van der Waals surface area contributed by atoms with Crippen LogP contribution in [0.5, 0.6) is 0 Å². The standard InChI is InChI=1S/C16H33BO5S/c1-4-7-9-19-14-13(22-17)12(11-18)21-16(23-6-3)15(14)20-10-8-5-2/h12-16,18H,4-11,17H2,1-3H3. The Morgan fingerprint density at radius 1 is 1.00 bits per heavy atom. The summed E-state index contributed by atoms with van der Waals surface area (Å²) in [6.45, 7) is 7.68. The van der Waals surface area contributed by atoms with Gasteiger partial charge in [-0.3, -0.25) is 0 Å². The fourth-order valence-corrected chi connectivity index (χ4v) is 3.68. The summed E-state index contributed by atoms with van der Waals surface area (Å²) in [5.74, 6) is 0.926. The molecule has 0 aromatic carbocycles. The Morgan fingerprint density at radius 3 is 2.09 bits per heavy atom. The largest absolute Gasteiger partial charge is 0.436 e. The Balaban J connectivity index is 2.85. The van der Waals surface area contributed by atoms with Crippen LogP contribution in [0.15, 0.2) is 0 Å². The third-order valence-electron chi connectivity index (χ3n) is 3.99. The van der Waals surface area contributed by atoms with Gasteiger partial charge in [-0.2, -0.15) is 0 Å². The van der Waals surface area contributed by atoms with E-state index in [1.54, 1.807) is 19.8 Å². The van der Waals surface area contributed by atoms with Crippen LogP contribution in [0.4, 0.5) is 0 Å². The predicted octanol–water partition coefficient (Wildman–Crippen LogP) is 1.76. The van der Waals surface area contributed by atoms with Crippen LogP contribution in [0.1, 0.15) is 46.5 Å². The molecule has 1 heterocycles. The van der Waals surface area contributed by atoms with Gasteiger partial charge in [0.2, 0.25) is 0 Å². The number of aliphatic hydroxyl groups excluding tert-OH is 1. The van der Waals surface area contributed by atoms with E-state index in [9.17, 15) is 5.11 Å². The molecule has 23 heavy (non-hydrogen) atoms. The van der Waals surface area contributed by atoms with E-state index < -0.39 is 0 Å². The Kier molecular flexibility index (Phi) is 11.6. The topological polar surface area (TPSA) is 57.2 Å². The van der Waals surface area contributed by atoms with Crippen LogP contribution in [0.3, 0.4) is 0 Å². The van der Waals surface area contributed by atoms with E-state index in [0.29, 0.717) is 13.2 Å². The van der Waals surface area contributed by atoms with Crippen molar-refractivity contribution in [1.82, 2.24) is 0 Å². The van der Waals surface area contributed by atoms with Crippen molar-refractivity contribution in [3.8, 4) is 0 Å². The van der Waals surface area contributed by atoms with E-state index >= 15 is 0 Å². The van der Waals surface area contributed by atoms with Crippen molar-refractivity contribution in [2.24, 2.45) is 0 Å². The van der Waals surface area contributed by atoms with Gasteiger partial charge in [-0.1, -0.05) is 33.6 Å². The van der Waals surface area contributed by atoms with E-state index in [4.69, 9.17) is 18.9 Å². The lowest BCUT2D eigenvalue weighted by molar-refractivity contribution is -0.225. The highest BCUT2D eigenvalue weighted by atomic mass is 32.2. The van der Waals surface area contributed by atoms with Crippen molar-refractivity contribution in [2.45, 2.75) is 76.3 Å². The molecule has 1 aliphatic rings. The van der Waals surface area contributed by atoms with Gasteiger partial charge in [0.05, 0.1) is 12.7 Å². The van der Waals surface area contributed by atoms with Crippen LogP contribution in [-0.2, 0) is 18.9 Å². The van der Waals surface area contributed by atoms with Gasteiger partial charge in [0.25, 0.3) is 8.05 Å². The SMILES string of the molecule is BOC1C(CO)OC(SCC)C(OCCCC)C1OCCCC. The van der Waals surface area contributed by atoms with E-state index in [-0.39, 0.29) is 36.5 Å². The van der Waals surface area contributed by atoms with Gasteiger partial charge in [-0.25, -0.2) is 0 Å².